The zero-order valence-corrected chi connectivity index (χ0v) is 18.4. The van der Waals surface area contributed by atoms with Gasteiger partial charge in [0.25, 0.3) is 0 Å². The molecule has 1 fully saturated rings. The van der Waals surface area contributed by atoms with Gasteiger partial charge in [-0.15, -0.1) is 37.2 Å². The number of carbonyl (C=O) groups is 1. The summed E-state index contributed by atoms with van der Waals surface area (Å²) in [6.45, 7) is 5.37. The maximum absolute atomic E-state index is 12.6. The average molecular weight is 448 g/mol. The van der Waals surface area contributed by atoms with Crippen LogP contribution in [0.15, 0.2) is 54.9 Å². The van der Waals surface area contributed by atoms with E-state index < -0.39 is 6.04 Å². The Bertz CT molecular complexity index is 682. The van der Waals surface area contributed by atoms with Crippen molar-refractivity contribution in [2.45, 2.75) is 25.4 Å². The second-order valence-corrected chi connectivity index (χ2v) is 6.62. The number of carbonyl (C=O) groups excluding carboxylic acids is 1. The number of hydrogen-bond acceptors (Lipinski definition) is 4. The number of nitrogens with zero attached hydrogens (tertiary/aromatic N) is 3. The zero-order chi connectivity index (χ0) is 17.6. The third-order valence-corrected chi connectivity index (χ3v) is 4.96. The van der Waals surface area contributed by atoms with Crippen molar-refractivity contribution in [2.75, 3.05) is 26.2 Å². The molecule has 1 amide bonds. The number of hydrogen-bond donors (Lipinski definition) is 1. The van der Waals surface area contributed by atoms with Crippen LogP contribution in [0.25, 0.3) is 0 Å². The van der Waals surface area contributed by atoms with Crippen LogP contribution in [0.4, 0.5) is 0 Å². The van der Waals surface area contributed by atoms with Crippen LogP contribution in [-0.4, -0.2) is 52.9 Å². The number of amides is 1. The van der Waals surface area contributed by atoms with E-state index in [1.807, 2.05) is 47.5 Å². The van der Waals surface area contributed by atoms with Gasteiger partial charge in [-0.2, -0.15) is 0 Å². The van der Waals surface area contributed by atoms with Crippen molar-refractivity contribution in [1.82, 2.24) is 14.8 Å². The summed E-state index contributed by atoms with van der Waals surface area (Å²) >= 11 is 0. The summed E-state index contributed by atoms with van der Waals surface area (Å²) in [5.41, 5.74) is 8.47. The summed E-state index contributed by atoms with van der Waals surface area (Å²) in [4.78, 5) is 21.1. The largest absolute Gasteiger partial charge is 0.339 e. The summed E-state index contributed by atoms with van der Waals surface area (Å²) in [6.07, 6.45) is 4.30. The minimum absolute atomic E-state index is 0. The summed E-state index contributed by atoms with van der Waals surface area (Å²) in [6, 6.07) is 13.9. The van der Waals surface area contributed by atoms with Crippen LogP contribution in [0.2, 0.25) is 0 Å². The molecule has 2 unspecified atom stereocenters. The normalized spacial score (nSPS) is 16.0. The second kappa shape index (κ2) is 13.0. The lowest BCUT2D eigenvalue weighted by Crippen LogP contribution is -2.53. The first-order valence-corrected chi connectivity index (χ1v) is 8.87. The van der Waals surface area contributed by atoms with Crippen LogP contribution >= 0.6 is 37.2 Å². The molecule has 0 saturated carbocycles. The monoisotopic (exact) mass is 446 g/mol. The lowest BCUT2D eigenvalue weighted by molar-refractivity contribution is -0.134. The fourth-order valence-electron chi connectivity index (χ4n) is 3.35. The minimum Gasteiger partial charge on any atom is -0.339 e. The maximum Gasteiger partial charge on any atom is 0.239 e. The highest BCUT2D eigenvalue weighted by atomic mass is 35.5. The summed E-state index contributed by atoms with van der Waals surface area (Å²) in [5, 5.41) is 0. The lowest BCUT2D eigenvalue weighted by atomic mass is 10.0. The van der Waals surface area contributed by atoms with E-state index in [1.54, 1.807) is 6.20 Å². The second-order valence-electron chi connectivity index (χ2n) is 6.62. The van der Waals surface area contributed by atoms with Crippen molar-refractivity contribution >= 4 is 43.1 Å². The Morgan fingerprint density at radius 1 is 1.04 bits per heavy atom. The van der Waals surface area contributed by atoms with Gasteiger partial charge in [0.05, 0.1) is 6.04 Å². The van der Waals surface area contributed by atoms with Gasteiger partial charge in [0, 0.05) is 44.6 Å². The SMILES string of the molecule is CC(c1cccnc1)N1CCN(C(=O)C(N)Cc2ccccc2)CC1.Cl.Cl.Cl. The Morgan fingerprint density at radius 3 is 2.25 bits per heavy atom. The predicted molar refractivity (Wildman–Crippen MR) is 121 cm³/mol. The van der Waals surface area contributed by atoms with E-state index in [2.05, 4.69) is 22.9 Å². The van der Waals surface area contributed by atoms with Crippen molar-refractivity contribution in [3.05, 3.63) is 66.0 Å². The van der Waals surface area contributed by atoms with E-state index in [0.717, 1.165) is 31.7 Å². The average Bonchev–Trinajstić information content (AvgIpc) is 2.68. The van der Waals surface area contributed by atoms with Crippen molar-refractivity contribution in [2.24, 2.45) is 5.73 Å². The first kappa shape index (κ1) is 26.6. The van der Waals surface area contributed by atoms with E-state index in [1.165, 1.54) is 5.56 Å². The molecule has 1 aliphatic rings. The summed E-state index contributed by atoms with van der Waals surface area (Å²) < 4.78 is 0. The molecule has 1 saturated heterocycles. The molecule has 2 atom stereocenters. The van der Waals surface area contributed by atoms with Crippen LogP contribution < -0.4 is 5.73 Å². The van der Waals surface area contributed by atoms with E-state index in [9.17, 15) is 4.79 Å². The van der Waals surface area contributed by atoms with E-state index >= 15 is 0 Å². The van der Waals surface area contributed by atoms with Crippen LogP contribution in [0.3, 0.4) is 0 Å². The Balaban J connectivity index is 0.00000243. The summed E-state index contributed by atoms with van der Waals surface area (Å²) in [7, 11) is 0. The predicted octanol–water partition coefficient (Wildman–Crippen LogP) is 3.12. The Morgan fingerprint density at radius 2 is 1.68 bits per heavy atom. The molecule has 0 radical (unpaired) electrons. The highest BCUT2D eigenvalue weighted by molar-refractivity contribution is 5.86. The van der Waals surface area contributed by atoms with Gasteiger partial charge in [-0.1, -0.05) is 36.4 Å². The molecule has 2 aromatic rings. The standard InChI is InChI=1S/C20H26N4O.3ClH/c1-16(18-8-5-9-22-15-18)23-10-12-24(13-11-23)20(25)19(21)14-17-6-3-2-4-7-17;;;/h2-9,15-16,19H,10-14,21H2,1H3;3*1H. The highest BCUT2D eigenvalue weighted by Gasteiger charge is 2.27. The molecule has 8 heteroatoms. The van der Waals surface area contributed by atoms with Gasteiger partial charge < -0.3 is 10.6 Å². The first-order chi connectivity index (χ1) is 12.1. The molecule has 2 heterocycles. The minimum atomic E-state index is -0.468. The van der Waals surface area contributed by atoms with Crippen LogP contribution in [0.1, 0.15) is 24.1 Å². The highest BCUT2D eigenvalue weighted by Crippen LogP contribution is 2.20. The molecular formula is C20H29Cl3N4O. The smallest absolute Gasteiger partial charge is 0.239 e. The third kappa shape index (κ3) is 6.90. The van der Waals surface area contributed by atoms with E-state index in [-0.39, 0.29) is 43.1 Å². The third-order valence-electron chi connectivity index (χ3n) is 4.96. The molecule has 28 heavy (non-hydrogen) atoms. The topological polar surface area (TPSA) is 62.5 Å². The number of benzene rings is 1. The molecule has 1 aromatic carbocycles. The van der Waals surface area contributed by atoms with Gasteiger partial charge in [-0.25, -0.2) is 0 Å². The molecular weight excluding hydrogens is 419 g/mol. The molecule has 3 rings (SSSR count). The van der Waals surface area contributed by atoms with Gasteiger partial charge in [0.1, 0.15) is 0 Å². The van der Waals surface area contributed by atoms with Gasteiger partial charge in [-0.05, 0) is 30.5 Å². The number of halogens is 3. The van der Waals surface area contributed by atoms with Crippen LogP contribution in [0.5, 0.6) is 0 Å². The fraction of sp³-hybridized carbons (Fsp3) is 0.400. The first-order valence-electron chi connectivity index (χ1n) is 8.87. The number of rotatable bonds is 5. The van der Waals surface area contributed by atoms with Crippen molar-refractivity contribution < 1.29 is 4.79 Å². The Hall–Kier alpha value is -1.37. The van der Waals surface area contributed by atoms with Gasteiger partial charge in [0.15, 0.2) is 0 Å². The van der Waals surface area contributed by atoms with Gasteiger partial charge in [0.2, 0.25) is 5.91 Å². The van der Waals surface area contributed by atoms with Crippen molar-refractivity contribution in [3.8, 4) is 0 Å². The molecule has 2 N–H and O–H groups in total. The molecule has 1 aromatic heterocycles. The Labute approximate surface area is 185 Å². The molecule has 0 spiro atoms. The summed E-state index contributed by atoms with van der Waals surface area (Å²) in [5.74, 6) is 0.0533. The van der Waals surface area contributed by atoms with Gasteiger partial charge >= 0.3 is 0 Å². The maximum atomic E-state index is 12.6. The fourth-order valence-corrected chi connectivity index (χ4v) is 3.35. The molecule has 5 nitrogen and oxygen atoms in total. The molecule has 0 bridgehead atoms. The number of pyridine rings is 1. The van der Waals surface area contributed by atoms with Crippen LogP contribution in [0, 0.1) is 0 Å². The Kier molecular flexibility index (Phi) is 12.3. The number of nitrogens with two attached hydrogens (primary N) is 1. The van der Waals surface area contributed by atoms with Crippen LogP contribution in [-0.2, 0) is 11.2 Å². The number of aromatic nitrogens is 1. The zero-order valence-electron chi connectivity index (χ0n) is 15.9. The van der Waals surface area contributed by atoms with Gasteiger partial charge in [-0.3, -0.25) is 14.7 Å². The van der Waals surface area contributed by atoms with Crippen molar-refractivity contribution in [3.63, 3.8) is 0 Å². The lowest BCUT2D eigenvalue weighted by Gasteiger charge is -2.39. The molecule has 156 valence electrons. The number of piperazine rings is 1. The van der Waals surface area contributed by atoms with E-state index in [0.29, 0.717) is 12.5 Å². The molecule has 1 aliphatic heterocycles. The quantitative estimate of drug-likeness (QED) is 0.765. The van der Waals surface area contributed by atoms with Crippen molar-refractivity contribution in [1.29, 1.82) is 0 Å². The molecule has 0 aliphatic carbocycles. The van der Waals surface area contributed by atoms with E-state index in [4.69, 9.17) is 5.73 Å².